The van der Waals surface area contributed by atoms with Crippen LogP contribution in [0.5, 0.6) is 0 Å². The minimum absolute atomic E-state index is 0.689. The minimum atomic E-state index is 0.689. The third-order valence-electron chi connectivity index (χ3n) is 2.92. The molecule has 0 amide bonds. The molecule has 0 radical (unpaired) electrons. The van der Waals surface area contributed by atoms with Crippen molar-refractivity contribution in [3.63, 3.8) is 0 Å². The van der Waals surface area contributed by atoms with Crippen LogP contribution in [0.2, 0.25) is 5.02 Å². The van der Waals surface area contributed by atoms with Crippen LogP contribution in [-0.4, -0.2) is 24.8 Å². The Morgan fingerprint density at radius 2 is 2.10 bits per heavy atom. The van der Waals surface area contributed by atoms with Crippen LogP contribution >= 0.6 is 11.6 Å². The van der Waals surface area contributed by atoms with Crippen LogP contribution in [0.15, 0.2) is 47.7 Å². The van der Waals surface area contributed by atoms with Crippen LogP contribution in [-0.2, 0) is 0 Å². The topological polar surface area (TPSA) is 40.5 Å². The van der Waals surface area contributed by atoms with Gasteiger partial charge in [-0.05, 0) is 37.3 Å². The standard InChI is InChI=1S/C15H17ClN4/c1-11(13-10-12(16)7-8-14(13)17-2)19-20(3)15-6-4-5-9-18-15/h4-10,17H,1-3H3/b19-11-. The van der Waals surface area contributed by atoms with Crippen molar-refractivity contribution in [2.45, 2.75) is 6.92 Å². The Balaban J connectivity index is 2.33. The molecule has 20 heavy (non-hydrogen) atoms. The van der Waals surface area contributed by atoms with E-state index in [0.29, 0.717) is 5.02 Å². The first-order chi connectivity index (χ1) is 9.61. The lowest BCUT2D eigenvalue weighted by Gasteiger charge is -2.15. The van der Waals surface area contributed by atoms with Crippen molar-refractivity contribution >= 4 is 28.8 Å². The highest BCUT2D eigenvalue weighted by Crippen LogP contribution is 2.21. The van der Waals surface area contributed by atoms with Crippen molar-refractivity contribution in [3.8, 4) is 0 Å². The Morgan fingerprint density at radius 1 is 1.30 bits per heavy atom. The number of hydrazone groups is 1. The number of halogens is 1. The zero-order valence-corrected chi connectivity index (χ0v) is 12.5. The summed E-state index contributed by atoms with van der Waals surface area (Å²) in [5.74, 6) is 0.792. The summed E-state index contributed by atoms with van der Waals surface area (Å²) in [6.07, 6.45) is 1.75. The first kappa shape index (κ1) is 14.3. The maximum Gasteiger partial charge on any atom is 0.148 e. The molecule has 0 aliphatic rings. The average Bonchev–Trinajstić information content (AvgIpc) is 2.48. The largest absolute Gasteiger partial charge is 0.388 e. The van der Waals surface area contributed by atoms with E-state index in [1.54, 1.807) is 11.2 Å². The quantitative estimate of drug-likeness (QED) is 0.690. The Morgan fingerprint density at radius 3 is 2.75 bits per heavy atom. The molecular weight excluding hydrogens is 272 g/mol. The summed E-state index contributed by atoms with van der Waals surface area (Å²) in [4.78, 5) is 4.26. The lowest BCUT2D eigenvalue weighted by Crippen LogP contribution is -2.14. The Hall–Kier alpha value is -2.07. The van der Waals surface area contributed by atoms with Gasteiger partial charge in [0.1, 0.15) is 5.82 Å². The normalized spacial score (nSPS) is 11.3. The molecular formula is C15H17ClN4. The summed E-state index contributed by atoms with van der Waals surface area (Å²) in [6.45, 7) is 1.95. The Labute approximate surface area is 124 Å². The van der Waals surface area contributed by atoms with Crippen molar-refractivity contribution in [2.24, 2.45) is 5.10 Å². The summed E-state index contributed by atoms with van der Waals surface area (Å²) >= 11 is 6.06. The van der Waals surface area contributed by atoms with Gasteiger partial charge in [0.05, 0.1) is 5.71 Å². The molecule has 0 fully saturated rings. The van der Waals surface area contributed by atoms with E-state index in [1.807, 2.05) is 57.4 Å². The summed E-state index contributed by atoms with van der Waals surface area (Å²) < 4.78 is 0. The fraction of sp³-hybridized carbons (Fsp3) is 0.200. The van der Waals surface area contributed by atoms with Gasteiger partial charge in [-0.15, -0.1) is 0 Å². The first-order valence-corrected chi connectivity index (χ1v) is 6.67. The van der Waals surface area contributed by atoms with Crippen molar-refractivity contribution in [1.82, 2.24) is 4.98 Å². The summed E-state index contributed by atoms with van der Waals surface area (Å²) in [5, 5.41) is 10.1. The molecule has 4 nitrogen and oxygen atoms in total. The van der Waals surface area contributed by atoms with E-state index >= 15 is 0 Å². The number of hydrogen-bond acceptors (Lipinski definition) is 4. The van der Waals surface area contributed by atoms with Crippen LogP contribution in [0.3, 0.4) is 0 Å². The van der Waals surface area contributed by atoms with Crippen molar-refractivity contribution < 1.29 is 0 Å². The monoisotopic (exact) mass is 288 g/mol. The van der Waals surface area contributed by atoms with Crippen LogP contribution in [0.4, 0.5) is 11.5 Å². The van der Waals surface area contributed by atoms with E-state index < -0.39 is 0 Å². The smallest absolute Gasteiger partial charge is 0.148 e. The van der Waals surface area contributed by atoms with E-state index in [2.05, 4.69) is 15.4 Å². The van der Waals surface area contributed by atoms with E-state index in [0.717, 1.165) is 22.8 Å². The number of hydrogen-bond donors (Lipinski definition) is 1. The van der Waals surface area contributed by atoms with Gasteiger partial charge < -0.3 is 5.32 Å². The SMILES string of the molecule is CNc1ccc(Cl)cc1/C(C)=N\N(C)c1ccccn1. The van der Waals surface area contributed by atoms with Crippen LogP contribution < -0.4 is 10.3 Å². The number of anilines is 2. The third-order valence-corrected chi connectivity index (χ3v) is 3.16. The highest BCUT2D eigenvalue weighted by Gasteiger charge is 2.07. The molecule has 2 aromatic rings. The molecule has 0 saturated heterocycles. The maximum absolute atomic E-state index is 6.06. The zero-order chi connectivity index (χ0) is 14.5. The molecule has 0 atom stereocenters. The van der Waals surface area contributed by atoms with Gasteiger partial charge in [-0.2, -0.15) is 5.10 Å². The molecule has 104 valence electrons. The molecule has 1 aromatic carbocycles. The Kier molecular flexibility index (Phi) is 4.58. The van der Waals surface area contributed by atoms with Crippen molar-refractivity contribution in [1.29, 1.82) is 0 Å². The lowest BCUT2D eigenvalue weighted by atomic mass is 10.1. The summed E-state index contributed by atoms with van der Waals surface area (Å²) in [7, 11) is 3.75. The van der Waals surface area contributed by atoms with Crippen LogP contribution in [0.1, 0.15) is 12.5 Å². The second-order valence-corrected chi connectivity index (χ2v) is 4.77. The second-order valence-electron chi connectivity index (χ2n) is 4.34. The van der Waals surface area contributed by atoms with Gasteiger partial charge in [0.15, 0.2) is 0 Å². The first-order valence-electron chi connectivity index (χ1n) is 6.29. The maximum atomic E-state index is 6.06. The van der Waals surface area contributed by atoms with Crippen molar-refractivity contribution in [2.75, 3.05) is 24.4 Å². The third kappa shape index (κ3) is 3.27. The Bertz CT molecular complexity index is 611. The molecule has 0 saturated carbocycles. The van der Waals surface area contributed by atoms with Crippen LogP contribution in [0.25, 0.3) is 0 Å². The van der Waals surface area contributed by atoms with Gasteiger partial charge in [-0.1, -0.05) is 17.7 Å². The van der Waals surface area contributed by atoms with Crippen molar-refractivity contribution in [3.05, 3.63) is 53.2 Å². The number of nitrogens with zero attached hydrogens (tertiary/aromatic N) is 3. The fourth-order valence-electron chi connectivity index (χ4n) is 1.91. The average molecular weight is 289 g/mol. The minimum Gasteiger partial charge on any atom is -0.388 e. The summed E-state index contributed by atoms with van der Waals surface area (Å²) in [5.41, 5.74) is 2.83. The zero-order valence-electron chi connectivity index (χ0n) is 11.8. The van der Waals surface area contributed by atoms with Gasteiger partial charge in [0, 0.05) is 36.6 Å². The number of nitrogens with one attached hydrogen (secondary N) is 1. The molecule has 2 rings (SSSR count). The highest BCUT2D eigenvalue weighted by atomic mass is 35.5. The van der Waals surface area contributed by atoms with E-state index in [-0.39, 0.29) is 0 Å². The molecule has 1 aromatic heterocycles. The van der Waals surface area contributed by atoms with Crippen LogP contribution in [0, 0.1) is 0 Å². The predicted octanol–water partition coefficient (Wildman–Crippen LogP) is 3.64. The van der Waals surface area contributed by atoms with E-state index in [9.17, 15) is 0 Å². The molecule has 0 unspecified atom stereocenters. The molecule has 0 spiro atoms. The molecule has 1 N–H and O–H groups in total. The molecule has 5 heteroatoms. The lowest BCUT2D eigenvalue weighted by molar-refractivity contribution is 0.975. The van der Waals surface area contributed by atoms with Gasteiger partial charge >= 0.3 is 0 Å². The number of pyridine rings is 1. The molecule has 0 aliphatic heterocycles. The van der Waals surface area contributed by atoms with Gasteiger partial charge in [0.25, 0.3) is 0 Å². The molecule has 0 aliphatic carbocycles. The van der Waals surface area contributed by atoms with Gasteiger partial charge in [0.2, 0.25) is 0 Å². The highest BCUT2D eigenvalue weighted by molar-refractivity contribution is 6.31. The number of benzene rings is 1. The molecule has 0 bridgehead atoms. The fourth-order valence-corrected chi connectivity index (χ4v) is 2.08. The van der Waals surface area contributed by atoms with E-state index in [4.69, 9.17) is 11.6 Å². The number of aromatic nitrogens is 1. The second kappa shape index (κ2) is 6.39. The predicted molar refractivity (Wildman–Crippen MR) is 85.8 cm³/mol. The van der Waals surface area contributed by atoms with Gasteiger partial charge in [-0.25, -0.2) is 4.98 Å². The van der Waals surface area contributed by atoms with Gasteiger partial charge in [-0.3, -0.25) is 5.01 Å². The summed E-state index contributed by atoms with van der Waals surface area (Å²) in [6, 6.07) is 11.4. The molecule has 1 heterocycles. The van der Waals surface area contributed by atoms with E-state index in [1.165, 1.54) is 0 Å². The number of rotatable bonds is 4.